The fourth-order valence-electron chi connectivity index (χ4n) is 2.87. The zero-order valence-corrected chi connectivity index (χ0v) is 11.4. The van der Waals surface area contributed by atoms with Crippen molar-refractivity contribution in [3.05, 3.63) is 23.8 Å². The zero-order valence-electron chi connectivity index (χ0n) is 11.4. The van der Waals surface area contributed by atoms with E-state index in [4.69, 9.17) is 9.47 Å². The van der Waals surface area contributed by atoms with Crippen molar-refractivity contribution in [3.8, 4) is 0 Å². The second kappa shape index (κ2) is 6.04. The van der Waals surface area contributed by atoms with Gasteiger partial charge in [0.25, 0.3) is 0 Å². The lowest BCUT2D eigenvalue weighted by Gasteiger charge is -2.15. The Labute approximate surface area is 113 Å². The molecule has 0 N–H and O–H groups in total. The smallest absolute Gasteiger partial charge is 0.337 e. The molecule has 2 aliphatic rings. The Morgan fingerprint density at radius 2 is 1.95 bits per heavy atom. The molecular weight excluding hydrogens is 244 g/mol. The monoisotopic (exact) mass is 264 g/mol. The third-order valence-electron chi connectivity index (χ3n) is 3.69. The van der Waals surface area contributed by atoms with Crippen LogP contribution in [0, 0.1) is 17.8 Å². The molecule has 2 rings (SSSR count). The van der Waals surface area contributed by atoms with E-state index in [-0.39, 0.29) is 29.7 Å². The molecule has 0 aliphatic heterocycles. The first-order chi connectivity index (χ1) is 9.15. The fraction of sp³-hybridized carbons (Fsp3) is 0.600. The van der Waals surface area contributed by atoms with E-state index in [2.05, 4.69) is 0 Å². The van der Waals surface area contributed by atoms with Gasteiger partial charge in [0.15, 0.2) is 0 Å². The molecular formula is C15H20O4. The first-order valence-electron chi connectivity index (χ1n) is 6.89. The topological polar surface area (TPSA) is 52.6 Å². The van der Waals surface area contributed by atoms with Crippen molar-refractivity contribution in [3.63, 3.8) is 0 Å². The highest BCUT2D eigenvalue weighted by Gasteiger charge is 2.39. The van der Waals surface area contributed by atoms with Gasteiger partial charge in [-0.05, 0) is 38.5 Å². The van der Waals surface area contributed by atoms with Gasteiger partial charge in [0, 0.05) is 0 Å². The third kappa shape index (κ3) is 3.06. The van der Waals surface area contributed by atoms with Crippen molar-refractivity contribution in [1.82, 2.24) is 0 Å². The van der Waals surface area contributed by atoms with Gasteiger partial charge in [0.1, 0.15) is 0 Å². The Morgan fingerprint density at radius 3 is 2.63 bits per heavy atom. The van der Waals surface area contributed by atoms with E-state index in [0.29, 0.717) is 18.8 Å². The Bertz CT molecular complexity index is 422. The Morgan fingerprint density at radius 1 is 1.21 bits per heavy atom. The van der Waals surface area contributed by atoms with Crippen LogP contribution >= 0.6 is 0 Å². The molecule has 0 spiro atoms. The second-order valence-corrected chi connectivity index (χ2v) is 4.96. The molecule has 19 heavy (non-hydrogen) atoms. The van der Waals surface area contributed by atoms with Crippen LogP contribution in [-0.2, 0) is 19.1 Å². The van der Waals surface area contributed by atoms with E-state index in [1.54, 1.807) is 13.0 Å². The second-order valence-electron chi connectivity index (χ2n) is 4.96. The first kappa shape index (κ1) is 13.8. The van der Waals surface area contributed by atoms with Crippen molar-refractivity contribution < 1.29 is 19.1 Å². The summed E-state index contributed by atoms with van der Waals surface area (Å²) in [5.41, 5.74) is 0.608. The maximum atomic E-state index is 11.8. The van der Waals surface area contributed by atoms with Gasteiger partial charge in [0.05, 0.1) is 24.7 Å². The summed E-state index contributed by atoms with van der Waals surface area (Å²) in [6, 6.07) is 0. The normalized spacial score (nSPS) is 28.5. The summed E-state index contributed by atoms with van der Waals surface area (Å²) >= 11 is 0. The summed E-state index contributed by atoms with van der Waals surface area (Å²) in [7, 11) is 0. The van der Waals surface area contributed by atoms with Gasteiger partial charge >= 0.3 is 11.9 Å². The van der Waals surface area contributed by atoms with Gasteiger partial charge in [-0.15, -0.1) is 0 Å². The number of fused-ring (bicyclic) bond motifs is 2. The SMILES string of the molecule is CCOC(=O)C1=C[C@@H]2C[C@@H](C=C1)[C@H](C(=O)OCC)C2. The van der Waals surface area contributed by atoms with Crippen molar-refractivity contribution in [2.24, 2.45) is 17.8 Å². The van der Waals surface area contributed by atoms with Gasteiger partial charge in [-0.2, -0.15) is 0 Å². The molecule has 0 amide bonds. The Balaban J connectivity index is 2.07. The lowest BCUT2D eigenvalue weighted by molar-refractivity contribution is -0.148. The van der Waals surface area contributed by atoms with Crippen LogP contribution in [0.1, 0.15) is 26.7 Å². The summed E-state index contributed by atoms with van der Waals surface area (Å²) < 4.78 is 10.1. The van der Waals surface area contributed by atoms with E-state index in [9.17, 15) is 9.59 Å². The number of esters is 2. The molecule has 0 saturated heterocycles. The molecule has 0 aromatic heterocycles. The van der Waals surface area contributed by atoms with Crippen LogP contribution in [0.4, 0.5) is 0 Å². The van der Waals surface area contributed by atoms with Gasteiger partial charge in [-0.25, -0.2) is 4.79 Å². The minimum Gasteiger partial charge on any atom is -0.466 e. The highest BCUT2D eigenvalue weighted by molar-refractivity contribution is 5.91. The minimum absolute atomic E-state index is 0.0683. The molecule has 1 fully saturated rings. The number of hydrogen-bond acceptors (Lipinski definition) is 4. The molecule has 2 bridgehead atoms. The summed E-state index contributed by atoms with van der Waals surface area (Å²) in [5.74, 6) is -0.0335. The molecule has 0 heterocycles. The van der Waals surface area contributed by atoms with Crippen molar-refractivity contribution in [2.45, 2.75) is 26.7 Å². The van der Waals surface area contributed by atoms with Crippen LogP contribution in [0.25, 0.3) is 0 Å². The fourth-order valence-corrected chi connectivity index (χ4v) is 2.87. The number of rotatable bonds is 4. The average molecular weight is 264 g/mol. The molecule has 3 atom stereocenters. The number of allylic oxidation sites excluding steroid dienone is 2. The van der Waals surface area contributed by atoms with E-state index < -0.39 is 0 Å². The van der Waals surface area contributed by atoms with Crippen LogP contribution in [0.3, 0.4) is 0 Å². The Kier molecular flexibility index (Phi) is 4.40. The third-order valence-corrected chi connectivity index (χ3v) is 3.69. The van der Waals surface area contributed by atoms with Gasteiger partial charge in [-0.1, -0.05) is 18.2 Å². The maximum Gasteiger partial charge on any atom is 0.337 e. The number of carbonyl (C=O) groups is 2. The van der Waals surface area contributed by atoms with E-state index in [1.807, 2.05) is 19.1 Å². The predicted molar refractivity (Wildman–Crippen MR) is 70.2 cm³/mol. The van der Waals surface area contributed by atoms with Gasteiger partial charge in [0.2, 0.25) is 0 Å². The summed E-state index contributed by atoms with van der Waals surface area (Å²) in [4.78, 5) is 23.6. The molecule has 104 valence electrons. The lowest BCUT2D eigenvalue weighted by Crippen LogP contribution is -2.21. The molecule has 0 unspecified atom stereocenters. The van der Waals surface area contributed by atoms with Gasteiger partial charge < -0.3 is 9.47 Å². The van der Waals surface area contributed by atoms with Crippen molar-refractivity contribution in [2.75, 3.05) is 13.2 Å². The van der Waals surface area contributed by atoms with Crippen molar-refractivity contribution >= 4 is 11.9 Å². The number of ether oxygens (including phenoxy) is 2. The highest BCUT2D eigenvalue weighted by Crippen LogP contribution is 2.41. The molecule has 0 aromatic carbocycles. The highest BCUT2D eigenvalue weighted by atomic mass is 16.5. The molecule has 1 saturated carbocycles. The maximum absolute atomic E-state index is 11.8. The average Bonchev–Trinajstić information content (AvgIpc) is 2.63. The predicted octanol–water partition coefficient (Wildman–Crippen LogP) is 2.25. The molecule has 0 aromatic rings. The van der Waals surface area contributed by atoms with Crippen LogP contribution < -0.4 is 0 Å². The molecule has 2 aliphatic carbocycles. The molecule has 0 radical (unpaired) electrons. The molecule has 4 nitrogen and oxygen atoms in total. The van der Waals surface area contributed by atoms with E-state index in [0.717, 1.165) is 12.8 Å². The largest absolute Gasteiger partial charge is 0.466 e. The zero-order chi connectivity index (χ0) is 13.8. The minimum atomic E-state index is -0.279. The quantitative estimate of drug-likeness (QED) is 0.731. The number of hydrogen-bond donors (Lipinski definition) is 0. The Hall–Kier alpha value is -1.58. The van der Waals surface area contributed by atoms with Gasteiger partial charge in [-0.3, -0.25) is 4.79 Å². The summed E-state index contributed by atoms with van der Waals surface area (Å²) in [6.07, 6.45) is 7.35. The van der Waals surface area contributed by atoms with Crippen molar-refractivity contribution in [1.29, 1.82) is 0 Å². The standard InChI is InChI=1S/C15H20O4/c1-3-18-14(16)12-6-5-11-7-10(8-12)9-13(11)15(17)19-4-2/h5-6,8,10-11,13H,3-4,7,9H2,1-2H3/t10-,11+,13+/m0/s1. The van der Waals surface area contributed by atoms with E-state index >= 15 is 0 Å². The van der Waals surface area contributed by atoms with Crippen LogP contribution in [-0.4, -0.2) is 25.2 Å². The lowest BCUT2D eigenvalue weighted by atomic mass is 9.94. The first-order valence-corrected chi connectivity index (χ1v) is 6.89. The summed E-state index contributed by atoms with van der Waals surface area (Å²) in [6.45, 7) is 4.41. The summed E-state index contributed by atoms with van der Waals surface area (Å²) in [5, 5.41) is 0. The van der Waals surface area contributed by atoms with Crippen LogP contribution in [0.15, 0.2) is 23.8 Å². The van der Waals surface area contributed by atoms with Crippen LogP contribution in [0.5, 0.6) is 0 Å². The van der Waals surface area contributed by atoms with Crippen LogP contribution in [0.2, 0.25) is 0 Å². The van der Waals surface area contributed by atoms with E-state index in [1.165, 1.54) is 0 Å². The number of carbonyl (C=O) groups excluding carboxylic acids is 2. The molecule has 4 heteroatoms.